The van der Waals surface area contributed by atoms with Crippen LogP contribution in [0.4, 0.5) is 5.69 Å². The molecule has 2 N–H and O–H groups in total. The first-order valence-electron chi connectivity index (χ1n) is 8.40. The van der Waals surface area contributed by atoms with E-state index >= 15 is 0 Å². The molecule has 1 aromatic heterocycles. The van der Waals surface area contributed by atoms with Gasteiger partial charge in [0.15, 0.2) is 10.2 Å². The zero-order valence-corrected chi connectivity index (χ0v) is 17.1. The lowest BCUT2D eigenvalue weighted by Crippen LogP contribution is -2.30. The van der Waals surface area contributed by atoms with Crippen molar-refractivity contribution in [1.82, 2.24) is 9.36 Å². The normalized spacial score (nSPS) is 13.5. The summed E-state index contributed by atoms with van der Waals surface area (Å²) >= 11 is 2.62. The maximum Gasteiger partial charge on any atom is 0.238 e. The lowest BCUT2D eigenvalue weighted by atomic mass is 10.2. The van der Waals surface area contributed by atoms with E-state index in [0.29, 0.717) is 18.8 Å². The minimum absolute atomic E-state index is 0.0523. The van der Waals surface area contributed by atoms with Crippen LogP contribution in [0.25, 0.3) is 11.4 Å². The third kappa shape index (κ3) is 3.95. The van der Waals surface area contributed by atoms with Gasteiger partial charge in [-0.05, 0) is 41.7 Å². The van der Waals surface area contributed by atoms with Gasteiger partial charge < -0.3 is 4.90 Å². The highest BCUT2D eigenvalue weighted by molar-refractivity contribution is 8.01. The summed E-state index contributed by atoms with van der Waals surface area (Å²) in [4.78, 5) is 18.9. The maximum absolute atomic E-state index is 12.7. The van der Waals surface area contributed by atoms with E-state index in [-0.39, 0.29) is 16.6 Å². The Morgan fingerprint density at radius 1 is 1.21 bits per heavy atom. The van der Waals surface area contributed by atoms with Gasteiger partial charge >= 0.3 is 0 Å². The van der Waals surface area contributed by atoms with Gasteiger partial charge in [-0.3, -0.25) is 4.79 Å². The van der Waals surface area contributed by atoms with Crippen LogP contribution in [0.3, 0.4) is 0 Å². The van der Waals surface area contributed by atoms with Gasteiger partial charge in [-0.1, -0.05) is 42.1 Å². The number of carbonyl (C=O) groups excluding carboxylic acids is 1. The highest BCUT2D eigenvalue weighted by Crippen LogP contribution is 2.31. The topological polar surface area (TPSA) is 106 Å². The Balaban J connectivity index is 1.43. The highest BCUT2D eigenvalue weighted by Gasteiger charge is 2.26. The van der Waals surface area contributed by atoms with E-state index in [4.69, 9.17) is 5.14 Å². The van der Waals surface area contributed by atoms with Crippen molar-refractivity contribution in [2.75, 3.05) is 17.2 Å². The molecule has 0 radical (unpaired) electrons. The Kier molecular flexibility index (Phi) is 5.19. The van der Waals surface area contributed by atoms with E-state index in [1.54, 1.807) is 17.0 Å². The lowest BCUT2D eigenvalue weighted by molar-refractivity contribution is -0.116. The van der Waals surface area contributed by atoms with E-state index in [1.165, 1.54) is 29.4 Å². The van der Waals surface area contributed by atoms with Gasteiger partial charge in [0.05, 0.1) is 10.6 Å². The third-order valence-electron chi connectivity index (χ3n) is 4.33. The first kappa shape index (κ1) is 19.1. The monoisotopic (exact) mass is 432 g/mol. The number of primary sulfonamides is 1. The molecular weight excluding hydrogens is 416 g/mol. The fraction of sp³-hybridized carbons (Fsp3) is 0.167. The molecule has 2 aromatic carbocycles. The summed E-state index contributed by atoms with van der Waals surface area (Å²) in [6, 6.07) is 14.3. The van der Waals surface area contributed by atoms with Crippen molar-refractivity contribution in [3.63, 3.8) is 0 Å². The molecule has 0 fully saturated rings. The Bertz CT molecular complexity index is 1130. The SMILES string of the molecule is NS(=O)(=O)c1ccc2c(c1)CCN2C(=O)CSc1nc(-c2ccccc2)ns1. The average molecular weight is 433 g/mol. The summed E-state index contributed by atoms with van der Waals surface area (Å²) in [6.07, 6.45) is 0.603. The molecule has 0 saturated carbocycles. The third-order valence-corrected chi connectivity index (χ3v) is 7.06. The number of fused-ring (bicyclic) bond motifs is 1. The molecule has 1 amide bonds. The van der Waals surface area contributed by atoms with Crippen molar-refractivity contribution < 1.29 is 13.2 Å². The molecule has 3 aromatic rings. The average Bonchev–Trinajstić information content (AvgIpc) is 3.33. The van der Waals surface area contributed by atoms with Crippen molar-refractivity contribution in [2.24, 2.45) is 5.14 Å². The van der Waals surface area contributed by atoms with Crippen molar-refractivity contribution in [1.29, 1.82) is 0 Å². The van der Waals surface area contributed by atoms with Crippen LogP contribution in [0, 0.1) is 0 Å². The zero-order chi connectivity index (χ0) is 19.7. The zero-order valence-electron chi connectivity index (χ0n) is 14.6. The summed E-state index contributed by atoms with van der Waals surface area (Å²) in [5, 5.41) is 5.18. The van der Waals surface area contributed by atoms with Gasteiger partial charge in [0.2, 0.25) is 15.9 Å². The predicted molar refractivity (Wildman–Crippen MR) is 110 cm³/mol. The maximum atomic E-state index is 12.7. The molecular formula is C18H16N4O3S3. The number of rotatable bonds is 5. The van der Waals surface area contributed by atoms with Crippen molar-refractivity contribution >= 4 is 44.9 Å². The lowest BCUT2D eigenvalue weighted by Gasteiger charge is -2.16. The summed E-state index contributed by atoms with van der Waals surface area (Å²) in [5.41, 5.74) is 2.49. The molecule has 2 heterocycles. The number of nitrogens with two attached hydrogens (primary N) is 1. The van der Waals surface area contributed by atoms with Gasteiger partial charge in [0, 0.05) is 17.8 Å². The fourth-order valence-corrected chi connectivity index (χ4v) is 5.04. The van der Waals surface area contributed by atoms with Gasteiger partial charge in [-0.25, -0.2) is 18.5 Å². The van der Waals surface area contributed by atoms with Crippen LogP contribution in [0.5, 0.6) is 0 Å². The summed E-state index contributed by atoms with van der Waals surface area (Å²) < 4.78 is 28.1. The molecule has 0 saturated heterocycles. The number of aromatic nitrogens is 2. The number of benzene rings is 2. The van der Waals surface area contributed by atoms with E-state index in [2.05, 4.69) is 9.36 Å². The number of thioether (sulfide) groups is 1. The van der Waals surface area contributed by atoms with Crippen molar-refractivity contribution in [2.45, 2.75) is 15.7 Å². The largest absolute Gasteiger partial charge is 0.311 e. The minimum Gasteiger partial charge on any atom is -0.311 e. The molecule has 1 aliphatic rings. The van der Waals surface area contributed by atoms with Crippen LogP contribution in [-0.4, -0.2) is 36.0 Å². The molecule has 1 aliphatic heterocycles. The molecule has 0 unspecified atom stereocenters. The molecule has 0 atom stereocenters. The number of carbonyl (C=O) groups is 1. The number of hydrogen-bond acceptors (Lipinski definition) is 7. The quantitative estimate of drug-likeness (QED) is 0.621. The van der Waals surface area contributed by atoms with E-state index in [1.807, 2.05) is 30.3 Å². The summed E-state index contributed by atoms with van der Waals surface area (Å²) in [6.45, 7) is 0.522. The molecule has 4 rings (SSSR count). The van der Waals surface area contributed by atoms with E-state index < -0.39 is 10.0 Å². The summed E-state index contributed by atoms with van der Waals surface area (Å²) in [5.74, 6) is 0.839. The second kappa shape index (κ2) is 7.63. The number of amides is 1. The van der Waals surface area contributed by atoms with Crippen molar-refractivity contribution in [3.8, 4) is 11.4 Å². The number of nitrogens with zero attached hydrogens (tertiary/aromatic N) is 3. The molecule has 28 heavy (non-hydrogen) atoms. The Morgan fingerprint density at radius 3 is 2.75 bits per heavy atom. The second-order valence-electron chi connectivity index (χ2n) is 6.17. The molecule has 7 nitrogen and oxygen atoms in total. The Morgan fingerprint density at radius 2 is 2.00 bits per heavy atom. The second-order valence-corrected chi connectivity index (χ2v) is 9.71. The van der Waals surface area contributed by atoms with Crippen LogP contribution >= 0.6 is 23.3 Å². The van der Waals surface area contributed by atoms with E-state index in [0.717, 1.165) is 21.2 Å². The first-order chi connectivity index (χ1) is 13.4. The molecule has 0 bridgehead atoms. The molecule has 0 aliphatic carbocycles. The van der Waals surface area contributed by atoms with Crippen LogP contribution < -0.4 is 10.0 Å². The number of hydrogen-bond donors (Lipinski definition) is 1. The van der Waals surface area contributed by atoms with Crippen LogP contribution in [0.1, 0.15) is 5.56 Å². The van der Waals surface area contributed by atoms with Crippen LogP contribution in [-0.2, 0) is 21.2 Å². The first-order valence-corrected chi connectivity index (χ1v) is 11.7. The smallest absolute Gasteiger partial charge is 0.238 e. The Labute approximate surface area is 170 Å². The van der Waals surface area contributed by atoms with Crippen molar-refractivity contribution in [3.05, 3.63) is 54.1 Å². The number of anilines is 1. The summed E-state index contributed by atoms with van der Waals surface area (Å²) in [7, 11) is -3.75. The number of sulfonamides is 1. The standard InChI is InChI=1S/C18H16N4O3S3/c19-28(24,25)14-6-7-15-13(10-14)8-9-22(15)16(23)11-26-18-20-17(21-27-18)12-4-2-1-3-5-12/h1-7,10H,8-9,11H2,(H2,19,24,25). The van der Waals surface area contributed by atoms with Gasteiger partial charge in [-0.15, -0.1) is 0 Å². The predicted octanol–water partition coefficient (Wildman–Crippen LogP) is 2.53. The van der Waals surface area contributed by atoms with E-state index in [9.17, 15) is 13.2 Å². The van der Waals surface area contributed by atoms with Crippen LogP contribution in [0.2, 0.25) is 0 Å². The van der Waals surface area contributed by atoms with Crippen LogP contribution in [0.15, 0.2) is 57.8 Å². The molecule has 10 heteroatoms. The molecule has 144 valence electrons. The van der Waals surface area contributed by atoms with Gasteiger partial charge in [0.25, 0.3) is 0 Å². The Hall–Kier alpha value is -2.27. The van der Waals surface area contributed by atoms with Gasteiger partial charge in [0.1, 0.15) is 0 Å². The molecule has 0 spiro atoms. The fourth-order valence-electron chi connectivity index (χ4n) is 2.99. The minimum atomic E-state index is -3.75. The van der Waals surface area contributed by atoms with Gasteiger partial charge in [-0.2, -0.15) is 4.37 Å². The highest BCUT2D eigenvalue weighted by atomic mass is 32.2.